The Labute approximate surface area is 105 Å². The molecular formula is C13H14N2O3. The molecule has 1 rings (SSSR count). The van der Waals surface area contributed by atoms with E-state index in [1.54, 1.807) is 18.2 Å². The Morgan fingerprint density at radius 2 is 2.06 bits per heavy atom. The third-order valence-corrected chi connectivity index (χ3v) is 2.37. The lowest BCUT2D eigenvalue weighted by atomic mass is 10.1. The highest BCUT2D eigenvalue weighted by atomic mass is 16.4. The topological polar surface area (TPSA) is 90.2 Å². The number of nitrogens with one attached hydrogen (secondary N) is 1. The van der Waals surface area contributed by atoms with Crippen molar-refractivity contribution in [3.05, 3.63) is 29.8 Å². The Hall–Kier alpha value is -2.35. The van der Waals surface area contributed by atoms with Crippen molar-refractivity contribution in [1.29, 1.82) is 5.26 Å². The fraction of sp³-hybridized carbons (Fsp3) is 0.308. The van der Waals surface area contributed by atoms with Gasteiger partial charge in [0.05, 0.1) is 6.07 Å². The van der Waals surface area contributed by atoms with Crippen molar-refractivity contribution < 1.29 is 14.7 Å². The first kappa shape index (κ1) is 13.7. The summed E-state index contributed by atoms with van der Waals surface area (Å²) in [4.78, 5) is 21.8. The molecule has 0 aliphatic carbocycles. The quantitative estimate of drug-likeness (QED) is 0.802. The fourth-order valence-corrected chi connectivity index (χ4v) is 1.56. The van der Waals surface area contributed by atoms with Gasteiger partial charge in [0.2, 0.25) is 5.91 Å². The van der Waals surface area contributed by atoms with Gasteiger partial charge in [-0.15, -0.1) is 0 Å². The smallest absolute Gasteiger partial charge is 0.303 e. The molecule has 0 heterocycles. The Bertz CT molecular complexity index is 477. The summed E-state index contributed by atoms with van der Waals surface area (Å²) in [5, 5.41) is 19.6. The van der Waals surface area contributed by atoms with Gasteiger partial charge in [0.15, 0.2) is 0 Å². The molecule has 5 nitrogen and oxygen atoms in total. The highest BCUT2D eigenvalue weighted by Crippen LogP contribution is 2.17. The van der Waals surface area contributed by atoms with E-state index in [2.05, 4.69) is 5.32 Å². The Morgan fingerprint density at radius 3 is 2.72 bits per heavy atom. The minimum absolute atomic E-state index is 0.0977. The number of rotatable bonds is 6. The number of para-hydroxylation sites is 1. The van der Waals surface area contributed by atoms with Crippen LogP contribution in [0.3, 0.4) is 0 Å². The molecule has 5 heteroatoms. The number of carboxylic acid groups (broad SMARTS) is 1. The van der Waals surface area contributed by atoms with E-state index in [-0.39, 0.29) is 18.7 Å². The van der Waals surface area contributed by atoms with Gasteiger partial charge >= 0.3 is 5.97 Å². The Morgan fingerprint density at radius 1 is 1.33 bits per heavy atom. The molecule has 0 saturated heterocycles. The van der Waals surface area contributed by atoms with Gasteiger partial charge in [0.25, 0.3) is 0 Å². The lowest BCUT2D eigenvalue weighted by molar-refractivity contribution is -0.137. The number of benzene rings is 1. The second-order valence-electron chi connectivity index (χ2n) is 3.79. The number of carbonyl (C=O) groups is 2. The molecule has 94 valence electrons. The zero-order chi connectivity index (χ0) is 13.4. The molecule has 2 N–H and O–H groups in total. The van der Waals surface area contributed by atoms with Crippen molar-refractivity contribution >= 4 is 17.6 Å². The minimum atomic E-state index is -0.832. The normalized spacial score (nSPS) is 9.50. The van der Waals surface area contributed by atoms with E-state index in [9.17, 15) is 9.59 Å². The third-order valence-electron chi connectivity index (χ3n) is 2.37. The van der Waals surface area contributed by atoms with Crippen LogP contribution in [0.15, 0.2) is 24.3 Å². The molecule has 0 saturated carbocycles. The van der Waals surface area contributed by atoms with Gasteiger partial charge in [0.1, 0.15) is 6.42 Å². The van der Waals surface area contributed by atoms with Crippen molar-refractivity contribution in [3.63, 3.8) is 0 Å². The number of hydrogen-bond acceptors (Lipinski definition) is 3. The van der Waals surface area contributed by atoms with Crippen LogP contribution < -0.4 is 5.32 Å². The predicted octanol–water partition coefficient (Wildman–Crippen LogP) is 1.95. The third kappa shape index (κ3) is 4.66. The highest BCUT2D eigenvalue weighted by Gasteiger charge is 2.06. The van der Waals surface area contributed by atoms with Crippen LogP contribution in [0.2, 0.25) is 0 Å². The average molecular weight is 246 g/mol. The lowest BCUT2D eigenvalue weighted by Gasteiger charge is -2.09. The molecule has 0 aromatic heterocycles. The molecule has 0 aliphatic rings. The number of carboxylic acids is 1. The molecule has 0 spiro atoms. The van der Waals surface area contributed by atoms with Crippen LogP contribution in [-0.2, 0) is 16.0 Å². The number of aryl methyl sites for hydroxylation is 1. The van der Waals surface area contributed by atoms with E-state index in [1.807, 2.05) is 12.1 Å². The van der Waals surface area contributed by atoms with Gasteiger partial charge in [-0.05, 0) is 24.5 Å². The number of anilines is 1. The molecule has 0 unspecified atom stereocenters. The molecule has 18 heavy (non-hydrogen) atoms. The minimum Gasteiger partial charge on any atom is -0.481 e. The first-order valence-electron chi connectivity index (χ1n) is 5.60. The zero-order valence-corrected chi connectivity index (χ0v) is 9.85. The molecule has 0 atom stereocenters. The van der Waals surface area contributed by atoms with Gasteiger partial charge in [-0.25, -0.2) is 0 Å². The van der Waals surface area contributed by atoms with Crippen LogP contribution in [0.25, 0.3) is 0 Å². The van der Waals surface area contributed by atoms with Gasteiger partial charge < -0.3 is 10.4 Å². The molecule has 1 aromatic rings. The maximum atomic E-state index is 11.3. The average Bonchev–Trinajstić information content (AvgIpc) is 2.31. The monoisotopic (exact) mass is 246 g/mol. The van der Waals surface area contributed by atoms with Gasteiger partial charge in [-0.2, -0.15) is 5.26 Å². The zero-order valence-electron chi connectivity index (χ0n) is 9.85. The molecule has 1 amide bonds. The highest BCUT2D eigenvalue weighted by molar-refractivity contribution is 5.92. The van der Waals surface area contributed by atoms with Crippen LogP contribution in [0.5, 0.6) is 0 Å². The summed E-state index contributed by atoms with van der Waals surface area (Å²) in [7, 11) is 0. The van der Waals surface area contributed by atoms with Gasteiger partial charge in [0, 0.05) is 12.1 Å². The molecule has 1 aromatic carbocycles. The summed E-state index contributed by atoms with van der Waals surface area (Å²) in [5.41, 5.74) is 1.52. The number of nitrogens with zero attached hydrogens (tertiary/aromatic N) is 1. The second-order valence-corrected chi connectivity index (χ2v) is 3.79. The van der Waals surface area contributed by atoms with Crippen LogP contribution in [0, 0.1) is 11.3 Å². The van der Waals surface area contributed by atoms with Crippen molar-refractivity contribution in [2.45, 2.75) is 25.7 Å². The van der Waals surface area contributed by atoms with E-state index in [0.29, 0.717) is 18.5 Å². The van der Waals surface area contributed by atoms with Crippen LogP contribution in [-0.4, -0.2) is 17.0 Å². The first-order valence-corrected chi connectivity index (χ1v) is 5.60. The molecule has 0 bridgehead atoms. The van der Waals surface area contributed by atoms with E-state index in [0.717, 1.165) is 5.56 Å². The van der Waals surface area contributed by atoms with E-state index in [4.69, 9.17) is 10.4 Å². The number of nitriles is 1. The van der Waals surface area contributed by atoms with Crippen LogP contribution >= 0.6 is 0 Å². The van der Waals surface area contributed by atoms with Crippen LogP contribution in [0.4, 0.5) is 5.69 Å². The summed E-state index contributed by atoms with van der Waals surface area (Å²) in [6.07, 6.45) is 1.000. The van der Waals surface area contributed by atoms with E-state index < -0.39 is 5.97 Å². The summed E-state index contributed by atoms with van der Waals surface area (Å²) in [5.74, 6) is -1.19. The van der Waals surface area contributed by atoms with Crippen molar-refractivity contribution in [3.8, 4) is 6.07 Å². The number of hydrogen-bond donors (Lipinski definition) is 2. The van der Waals surface area contributed by atoms with Gasteiger partial charge in [-0.3, -0.25) is 9.59 Å². The molecule has 0 fully saturated rings. The summed E-state index contributed by atoms with van der Waals surface area (Å²) in [6, 6.07) is 8.96. The fourth-order valence-electron chi connectivity index (χ4n) is 1.56. The lowest BCUT2D eigenvalue weighted by Crippen LogP contribution is -2.12. The van der Waals surface area contributed by atoms with Crippen LogP contribution in [0.1, 0.15) is 24.8 Å². The summed E-state index contributed by atoms with van der Waals surface area (Å²) in [6.45, 7) is 0. The number of carbonyl (C=O) groups excluding carboxylic acids is 1. The number of aliphatic carboxylic acids is 1. The van der Waals surface area contributed by atoms with Crippen molar-refractivity contribution in [2.75, 3.05) is 5.32 Å². The summed E-state index contributed by atoms with van der Waals surface area (Å²) >= 11 is 0. The number of amides is 1. The Kier molecular flexibility index (Phi) is 5.39. The summed E-state index contributed by atoms with van der Waals surface area (Å²) < 4.78 is 0. The first-order chi connectivity index (χ1) is 8.63. The van der Waals surface area contributed by atoms with Crippen molar-refractivity contribution in [2.24, 2.45) is 0 Å². The largest absolute Gasteiger partial charge is 0.481 e. The van der Waals surface area contributed by atoms with Crippen molar-refractivity contribution in [1.82, 2.24) is 0 Å². The maximum Gasteiger partial charge on any atom is 0.303 e. The van der Waals surface area contributed by atoms with Gasteiger partial charge in [-0.1, -0.05) is 18.2 Å². The predicted molar refractivity (Wildman–Crippen MR) is 65.9 cm³/mol. The second kappa shape index (κ2) is 7.07. The Balaban J connectivity index is 2.64. The molecular weight excluding hydrogens is 232 g/mol. The maximum absolute atomic E-state index is 11.3. The van der Waals surface area contributed by atoms with E-state index >= 15 is 0 Å². The standard InChI is InChI=1S/C13H14N2O3/c14-9-8-12(16)15-11-6-2-1-4-10(11)5-3-7-13(17)18/h1-2,4,6H,3,5,7-8H2,(H,15,16)(H,17,18). The van der Waals surface area contributed by atoms with E-state index in [1.165, 1.54) is 0 Å². The SMILES string of the molecule is N#CCC(=O)Nc1ccccc1CCCC(=O)O. The molecule has 0 radical (unpaired) electrons. The molecule has 0 aliphatic heterocycles.